The molecule has 1 aliphatic carbocycles. The lowest BCUT2D eigenvalue weighted by Crippen LogP contribution is -2.30. The van der Waals surface area contributed by atoms with E-state index >= 15 is 0 Å². The van der Waals surface area contributed by atoms with E-state index in [0.717, 1.165) is 46.7 Å². The number of ketones is 1. The van der Waals surface area contributed by atoms with Crippen LogP contribution in [0.15, 0.2) is 53.7 Å². The van der Waals surface area contributed by atoms with E-state index in [1.165, 1.54) is 0 Å². The Bertz CT molecular complexity index is 1150. The van der Waals surface area contributed by atoms with Crippen LogP contribution in [0, 0.1) is 0 Å². The molecule has 3 aromatic rings. The first-order valence-electron chi connectivity index (χ1n) is 10.0. The zero-order chi connectivity index (χ0) is 20.0. The van der Waals surface area contributed by atoms with Gasteiger partial charge in [0.1, 0.15) is 0 Å². The number of hydrogen-bond acceptors (Lipinski definition) is 5. The molecule has 0 saturated heterocycles. The number of para-hydroxylation sites is 2. The normalized spacial score (nSPS) is 18.3. The number of anilines is 1. The van der Waals surface area contributed by atoms with Crippen LogP contribution in [0.4, 0.5) is 5.95 Å². The molecule has 6 heteroatoms. The topological polar surface area (TPSA) is 65.4 Å². The molecule has 1 aromatic heterocycles. The largest absolute Gasteiger partial charge is 0.493 e. The Labute approximate surface area is 169 Å². The van der Waals surface area contributed by atoms with Gasteiger partial charge in [-0.25, -0.2) is 4.98 Å². The second kappa shape index (κ2) is 6.95. The van der Waals surface area contributed by atoms with Crippen molar-refractivity contribution in [3.05, 3.63) is 59.3 Å². The SMILES string of the molecule is CCOc1ccc([C@H]2C3=C(CCCC3=O)Nc3nc4ccccc4n32)cc1OC. The number of allylic oxidation sites excluding steroid dienone is 2. The van der Waals surface area contributed by atoms with Crippen LogP contribution in [0.5, 0.6) is 11.5 Å². The van der Waals surface area contributed by atoms with Crippen molar-refractivity contribution in [3.63, 3.8) is 0 Å². The third kappa shape index (κ3) is 2.78. The molecule has 0 saturated carbocycles. The molecule has 1 N–H and O–H groups in total. The van der Waals surface area contributed by atoms with Crippen LogP contribution >= 0.6 is 0 Å². The van der Waals surface area contributed by atoms with Crippen molar-refractivity contribution >= 4 is 22.8 Å². The maximum atomic E-state index is 13.0. The van der Waals surface area contributed by atoms with Crippen molar-refractivity contribution in [2.24, 2.45) is 0 Å². The number of carbonyl (C=O) groups is 1. The van der Waals surface area contributed by atoms with Crippen molar-refractivity contribution in [2.45, 2.75) is 32.2 Å². The van der Waals surface area contributed by atoms with Crippen LogP contribution in [0.1, 0.15) is 37.8 Å². The van der Waals surface area contributed by atoms with Gasteiger partial charge in [0.15, 0.2) is 17.3 Å². The van der Waals surface area contributed by atoms with Crippen LogP contribution in [0.2, 0.25) is 0 Å². The highest BCUT2D eigenvalue weighted by molar-refractivity contribution is 6.00. The maximum Gasteiger partial charge on any atom is 0.209 e. The zero-order valence-corrected chi connectivity index (χ0v) is 16.6. The fraction of sp³-hybridized carbons (Fsp3) is 0.304. The van der Waals surface area contributed by atoms with Gasteiger partial charge in [0, 0.05) is 17.7 Å². The molecule has 0 amide bonds. The van der Waals surface area contributed by atoms with E-state index < -0.39 is 0 Å². The summed E-state index contributed by atoms with van der Waals surface area (Å²) in [4.78, 5) is 17.8. The number of Topliss-reactive ketones (excluding diaryl/α,β-unsaturated/α-hetero) is 1. The number of fused-ring (bicyclic) bond motifs is 3. The predicted octanol–water partition coefficient (Wildman–Crippen LogP) is 4.47. The van der Waals surface area contributed by atoms with Crippen molar-refractivity contribution in [1.82, 2.24) is 9.55 Å². The Balaban J connectivity index is 1.75. The summed E-state index contributed by atoms with van der Waals surface area (Å²) >= 11 is 0. The molecule has 1 atom stereocenters. The number of nitrogens with zero attached hydrogens (tertiary/aromatic N) is 2. The van der Waals surface area contributed by atoms with Gasteiger partial charge < -0.3 is 14.8 Å². The standard InChI is InChI=1S/C23H23N3O3/c1-3-29-19-12-11-14(13-20(19)28-2)22-21-16(8-6-10-18(21)27)25-23-24-15-7-4-5-9-17(15)26(22)23/h4-5,7,9,11-13,22H,3,6,8,10H2,1-2H3,(H,24,25)/t22-/m0/s1. The van der Waals surface area contributed by atoms with E-state index in [9.17, 15) is 4.79 Å². The minimum atomic E-state index is -0.244. The maximum absolute atomic E-state index is 13.0. The van der Waals surface area contributed by atoms with Crippen LogP contribution in [0.25, 0.3) is 11.0 Å². The molecule has 1 aliphatic heterocycles. The average molecular weight is 389 g/mol. The zero-order valence-electron chi connectivity index (χ0n) is 16.6. The van der Waals surface area contributed by atoms with Crippen LogP contribution < -0.4 is 14.8 Å². The lowest BCUT2D eigenvalue weighted by molar-refractivity contribution is -0.116. The van der Waals surface area contributed by atoms with E-state index in [0.29, 0.717) is 24.5 Å². The highest BCUT2D eigenvalue weighted by Crippen LogP contribution is 2.44. The Morgan fingerprint density at radius 1 is 1.17 bits per heavy atom. The van der Waals surface area contributed by atoms with E-state index in [2.05, 4.69) is 9.88 Å². The van der Waals surface area contributed by atoms with Gasteiger partial charge in [-0.05, 0) is 49.6 Å². The molecule has 2 aliphatic rings. The fourth-order valence-electron chi connectivity index (χ4n) is 4.41. The molecule has 29 heavy (non-hydrogen) atoms. The van der Waals surface area contributed by atoms with Gasteiger partial charge in [0.05, 0.1) is 30.8 Å². The van der Waals surface area contributed by atoms with E-state index in [-0.39, 0.29) is 11.8 Å². The van der Waals surface area contributed by atoms with Gasteiger partial charge in [-0.2, -0.15) is 0 Å². The Morgan fingerprint density at radius 3 is 2.86 bits per heavy atom. The quantitative estimate of drug-likeness (QED) is 0.713. The smallest absolute Gasteiger partial charge is 0.209 e. The summed E-state index contributed by atoms with van der Waals surface area (Å²) in [5.74, 6) is 2.34. The molecule has 2 aromatic carbocycles. The summed E-state index contributed by atoms with van der Waals surface area (Å²) < 4.78 is 13.4. The average Bonchev–Trinajstić information content (AvgIpc) is 3.11. The number of imidazole rings is 1. The van der Waals surface area contributed by atoms with E-state index in [1.807, 2.05) is 49.4 Å². The minimum Gasteiger partial charge on any atom is -0.493 e. The van der Waals surface area contributed by atoms with E-state index in [4.69, 9.17) is 14.5 Å². The van der Waals surface area contributed by atoms with Gasteiger partial charge >= 0.3 is 0 Å². The number of nitrogens with one attached hydrogen (secondary N) is 1. The molecular formula is C23H23N3O3. The number of rotatable bonds is 4. The first kappa shape index (κ1) is 17.8. The molecule has 2 heterocycles. The molecule has 0 spiro atoms. The summed E-state index contributed by atoms with van der Waals surface area (Å²) in [6.07, 6.45) is 2.30. The van der Waals surface area contributed by atoms with Crippen LogP contribution in [0.3, 0.4) is 0 Å². The Kier molecular flexibility index (Phi) is 4.27. The Morgan fingerprint density at radius 2 is 2.03 bits per heavy atom. The number of methoxy groups -OCH3 is 1. The number of benzene rings is 2. The predicted molar refractivity (Wildman–Crippen MR) is 112 cm³/mol. The summed E-state index contributed by atoms with van der Waals surface area (Å²) in [7, 11) is 1.64. The number of ether oxygens (including phenoxy) is 2. The molecule has 5 rings (SSSR count). The van der Waals surface area contributed by atoms with E-state index in [1.54, 1.807) is 7.11 Å². The first-order valence-corrected chi connectivity index (χ1v) is 10.0. The molecule has 148 valence electrons. The summed E-state index contributed by atoms with van der Waals surface area (Å²) in [6, 6.07) is 13.7. The molecule has 6 nitrogen and oxygen atoms in total. The van der Waals surface area contributed by atoms with Crippen molar-refractivity contribution in [3.8, 4) is 11.5 Å². The molecule has 0 radical (unpaired) electrons. The van der Waals surface area contributed by atoms with Crippen molar-refractivity contribution in [1.29, 1.82) is 0 Å². The first-order chi connectivity index (χ1) is 14.2. The fourth-order valence-corrected chi connectivity index (χ4v) is 4.41. The Hall–Kier alpha value is -3.28. The summed E-state index contributed by atoms with van der Waals surface area (Å²) in [6.45, 7) is 2.51. The number of hydrogen-bond donors (Lipinski definition) is 1. The minimum absolute atomic E-state index is 0.194. The third-order valence-corrected chi connectivity index (χ3v) is 5.65. The molecule has 0 fully saturated rings. The molecular weight excluding hydrogens is 366 g/mol. The third-order valence-electron chi connectivity index (χ3n) is 5.65. The summed E-state index contributed by atoms with van der Waals surface area (Å²) in [5, 5.41) is 3.43. The lowest BCUT2D eigenvalue weighted by atomic mass is 9.85. The molecule has 0 bridgehead atoms. The van der Waals surface area contributed by atoms with Gasteiger partial charge in [-0.1, -0.05) is 18.2 Å². The van der Waals surface area contributed by atoms with Gasteiger partial charge in [-0.3, -0.25) is 9.36 Å². The highest BCUT2D eigenvalue weighted by atomic mass is 16.5. The number of aromatic nitrogens is 2. The monoisotopic (exact) mass is 389 g/mol. The number of carbonyl (C=O) groups excluding carboxylic acids is 1. The van der Waals surface area contributed by atoms with Gasteiger partial charge in [0.2, 0.25) is 5.95 Å². The van der Waals surface area contributed by atoms with Crippen LogP contribution in [-0.4, -0.2) is 29.1 Å². The van der Waals surface area contributed by atoms with Crippen molar-refractivity contribution in [2.75, 3.05) is 19.0 Å². The van der Waals surface area contributed by atoms with Gasteiger partial charge in [0.25, 0.3) is 0 Å². The lowest BCUT2D eigenvalue weighted by Gasteiger charge is -2.34. The summed E-state index contributed by atoms with van der Waals surface area (Å²) in [5.41, 5.74) is 4.71. The molecule has 0 unspecified atom stereocenters. The highest BCUT2D eigenvalue weighted by Gasteiger charge is 2.36. The van der Waals surface area contributed by atoms with Crippen LogP contribution in [-0.2, 0) is 4.79 Å². The van der Waals surface area contributed by atoms with Gasteiger partial charge in [-0.15, -0.1) is 0 Å². The second-order valence-electron chi connectivity index (χ2n) is 7.33. The van der Waals surface area contributed by atoms with Crippen molar-refractivity contribution < 1.29 is 14.3 Å². The second-order valence-corrected chi connectivity index (χ2v) is 7.33.